The summed E-state index contributed by atoms with van der Waals surface area (Å²) in [5, 5.41) is -0.288. The number of sulfonamides is 1. The molecule has 0 bridgehead atoms. The predicted molar refractivity (Wildman–Crippen MR) is 80.0 cm³/mol. The zero-order chi connectivity index (χ0) is 17.2. The third kappa shape index (κ3) is 4.29. The van der Waals surface area contributed by atoms with Crippen LogP contribution in [-0.4, -0.2) is 15.0 Å². The maximum Gasteiger partial charge on any atom is 0.387 e. The molecule has 9 heteroatoms. The van der Waals surface area contributed by atoms with Crippen LogP contribution in [0.5, 0.6) is 5.75 Å². The zero-order valence-corrected chi connectivity index (χ0v) is 13.3. The van der Waals surface area contributed by atoms with Gasteiger partial charge in [0.05, 0.1) is 15.6 Å². The number of nitrogens with one attached hydrogen (secondary N) is 1. The van der Waals surface area contributed by atoms with Gasteiger partial charge in [-0.3, -0.25) is 4.72 Å². The number of ether oxygens (including phenoxy) is 1. The number of anilines is 1. The molecule has 0 unspecified atom stereocenters. The van der Waals surface area contributed by atoms with E-state index in [1.807, 2.05) is 0 Å². The standard InChI is InChI=1S/C14H11ClF3NO3S/c1-8-2-3-9(16)6-12(8)19-23(20,21)10-4-5-13(11(15)7-10)22-14(17)18/h2-7,14,19H,1H3. The summed E-state index contributed by atoms with van der Waals surface area (Å²) in [5.74, 6) is -0.949. The Labute approximate surface area is 135 Å². The first-order valence-electron chi connectivity index (χ1n) is 6.22. The average molecular weight is 366 g/mol. The summed E-state index contributed by atoms with van der Waals surface area (Å²) >= 11 is 5.73. The van der Waals surface area contributed by atoms with Crippen LogP contribution >= 0.6 is 11.6 Å². The molecule has 2 rings (SSSR count). The summed E-state index contributed by atoms with van der Waals surface area (Å²) in [6, 6.07) is 6.68. The zero-order valence-electron chi connectivity index (χ0n) is 11.7. The summed E-state index contributed by atoms with van der Waals surface area (Å²) in [6.07, 6.45) is 0. The second kappa shape index (κ2) is 6.67. The molecule has 0 amide bonds. The van der Waals surface area contributed by atoms with Crippen LogP contribution in [0.1, 0.15) is 5.56 Å². The molecule has 23 heavy (non-hydrogen) atoms. The molecule has 0 fully saturated rings. The number of rotatable bonds is 5. The van der Waals surface area contributed by atoms with Crippen LogP contribution in [0.4, 0.5) is 18.9 Å². The third-order valence-electron chi connectivity index (χ3n) is 2.87. The first-order chi connectivity index (χ1) is 10.7. The normalized spacial score (nSPS) is 11.6. The monoisotopic (exact) mass is 365 g/mol. The van der Waals surface area contributed by atoms with Gasteiger partial charge >= 0.3 is 6.61 Å². The smallest absolute Gasteiger partial charge is 0.387 e. The van der Waals surface area contributed by atoms with Crippen LogP contribution in [0.15, 0.2) is 41.3 Å². The van der Waals surface area contributed by atoms with Crippen LogP contribution in [0, 0.1) is 12.7 Å². The highest BCUT2D eigenvalue weighted by Gasteiger charge is 2.18. The van der Waals surface area contributed by atoms with E-state index >= 15 is 0 Å². The molecular weight excluding hydrogens is 355 g/mol. The van der Waals surface area contributed by atoms with Gasteiger partial charge in [-0.15, -0.1) is 0 Å². The van der Waals surface area contributed by atoms with Crippen LogP contribution in [-0.2, 0) is 10.0 Å². The highest BCUT2D eigenvalue weighted by atomic mass is 35.5. The van der Waals surface area contributed by atoms with Gasteiger partial charge in [0.2, 0.25) is 0 Å². The summed E-state index contributed by atoms with van der Waals surface area (Å²) in [6.45, 7) is -1.48. The minimum absolute atomic E-state index is 0.0639. The lowest BCUT2D eigenvalue weighted by Crippen LogP contribution is -2.14. The van der Waals surface area contributed by atoms with E-state index in [9.17, 15) is 21.6 Å². The van der Waals surface area contributed by atoms with Gasteiger partial charge in [-0.1, -0.05) is 17.7 Å². The lowest BCUT2D eigenvalue weighted by molar-refractivity contribution is -0.0498. The first-order valence-corrected chi connectivity index (χ1v) is 8.08. The van der Waals surface area contributed by atoms with Gasteiger partial charge in [-0.2, -0.15) is 8.78 Å². The molecule has 2 aromatic carbocycles. The van der Waals surface area contributed by atoms with Crippen LogP contribution < -0.4 is 9.46 Å². The quantitative estimate of drug-likeness (QED) is 0.864. The number of halogens is 4. The first kappa shape index (κ1) is 17.4. The second-order valence-electron chi connectivity index (χ2n) is 4.54. The van der Waals surface area contributed by atoms with Gasteiger partial charge in [-0.05, 0) is 42.8 Å². The van der Waals surface area contributed by atoms with Crippen molar-refractivity contribution in [2.45, 2.75) is 18.4 Å². The number of aryl methyl sites for hydroxylation is 1. The van der Waals surface area contributed by atoms with Crippen molar-refractivity contribution in [2.75, 3.05) is 4.72 Å². The van der Waals surface area contributed by atoms with E-state index in [-0.39, 0.29) is 21.4 Å². The predicted octanol–water partition coefficient (Wildman–Crippen LogP) is 4.19. The van der Waals surface area contributed by atoms with Gasteiger partial charge in [0.15, 0.2) is 0 Å². The van der Waals surface area contributed by atoms with E-state index in [4.69, 9.17) is 11.6 Å². The number of hydrogen-bond acceptors (Lipinski definition) is 3. The molecule has 0 spiro atoms. The highest BCUT2D eigenvalue weighted by Crippen LogP contribution is 2.29. The minimum atomic E-state index is -4.06. The van der Waals surface area contributed by atoms with E-state index in [1.54, 1.807) is 6.92 Å². The SMILES string of the molecule is Cc1ccc(F)cc1NS(=O)(=O)c1ccc(OC(F)F)c(Cl)c1. The van der Waals surface area contributed by atoms with Crippen LogP contribution in [0.2, 0.25) is 5.02 Å². The molecule has 0 atom stereocenters. The van der Waals surface area contributed by atoms with E-state index in [1.165, 1.54) is 12.1 Å². The molecule has 0 aromatic heterocycles. The molecule has 4 nitrogen and oxygen atoms in total. The summed E-state index contributed by atoms with van der Waals surface area (Å²) in [5.41, 5.74) is 0.577. The van der Waals surface area contributed by atoms with Crippen LogP contribution in [0.25, 0.3) is 0 Å². The van der Waals surface area contributed by atoms with Gasteiger partial charge in [0.25, 0.3) is 10.0 Å². The van der Waals surface area contributed by atoms with E-state index in [0.29, 0.717) is 5.56 Å². The maximum absolute atomic E-state index is 13.2. The molecule has 0 aliphatic heterocycles. The Kier molecular flexibility index (Phi) is 5.06. The number of alkyl halides is 2. The maximum atomic E-state index is 13.2. The fourth-order valence-electron chi connectivity index (χ4n) is 1.75. The van der Waals surface area contributed by atoms with Crippen molar-refractivity contribution in [3.63, 3.8) is 0 Å². The van der Waals surface area contributed by atoms with Crippen molar-refractivity contribution in [1.29, 1.82) is 0 Å². The van der Waals surface area contributed by atoms with Crippen molar-refractivity contribution in [3.8, 4) is 5.75 Å². The molecule has 2 aromatic rings. The molecule has 0 aliphatic carbocycles. The topological polar surface area (TPSA) is 55.4 Å². The average Bonchev–Trinajstić information content (AvgIpc) is 2.44. The Morgan fingerprint density at radius 2 is 1.87 bits per heavy atom. The number of hydrogen-bond donors (Lipinski definition) is 1. The lowest BCUT2D eigenvalue weighted by Gasteiger charge is -2.12. The molecule has 1 N–H and O–H groups in total. The highest BCUT2D eigenvalue weighted by molar-refractivity contribution is 7.92. The van der Waals surface area contributed by atoms with Gasteiger partial charge in [0.1, 0.15) is 11.6 Å². The lowest BCUT2D eigenvalue weighted by atomic mass is 10.2. The van der Waals surface area contributed by atoms with Crippen molar-refractivity contribution >= 4 is 27.3 Å². The van der Waals surface area contributed by atoms with Crippen molar-refractivity contribution in [2.24, 2.45) is 0 Å². The molecule has 124 valence electrons. The van der Waals surface area contributed by atoms with E-state index in [2.05, 4.69) is 9.46 Å². The molecule has 0 saturated carbocycles. The molecule has 0 radical (unpaired) electrons. The van der Waals surface area contributed by atoms with Gasteiger partial charge in [-0.25, -0.2) is 12.8 Å². The van der Waals surface area contributed by atoms with E-state index in [0.717, 1.165) is 24.3 Å². The molecule has 0 heterocycles. The van der Waals surface area contributed by atoms with Gasteiger partial charge < -0.3 is 4.74 Å². The second-order valence-corrected chi connectivity index (χ2v) is 6.63. The summed E-state index contributed by atoms with van der Waals surface area (Å²) in [4.78, 5) is -0.271. The summed E-state index contributed by atoms with van der Waals surface area (Å²) < 4.78 is 68.4. The van der Waals surface area contributed by atoms with Gasteiger partial charge in [0, 0.05) is 0 Å². The van der Waals surface area contributed by atoms with Crippen molar-refractivity contribution in [3.05, 3.63) is 52.8 Å². The van der Waals surface area contributed by atoms with E-state index < -0.39 is 22.5 Å². The largest absolute Gasteiger partial charge is 0.433 e. The Bertz CT molecular complexity index is 828. The Morgan fingerprint density at radius 3 is 2.48 bits per heavy atom. The minimum Gasteiger partial charge on any atom is -0.433 e. The van der Waals surface area contributed by atoms with Crippen LogP contribution in [0.3, 0.4) is 0 Å². The fourth-order valence-corrected chi connectivity index (χ4v) is 3.19. The fraction of sp³-hybridized carbons (Fsp3) is 0.143. The third-order valence-corrected chi connectivity index (χ3v) is 4.53. The van der Waals surface area contributed by atoms with Crippen molar-refractivity contribution in [1.82, 2.24) is 0 Å². The Morgan fingerprint density at radius 1 is 1.17 bits per heavy atom. The Balaban J connectivity index is 2.33. The number of benzene rings is 2. The summed E-state index contributed by atoms with van der Waals surface area (Å²) in [7, 11) is -4.06. The Hall–Kier alpha value is -1.93. The molecular formula is C14H11ClF3NO3S. The molecule has 0 saturated heterocycles. The molecule has 0 aliphatic rings. The van der Waals surface area contributed by atoms with Crippen molar-refractivity contribution < 1.29 is 26.3 Å².